The van der Waals surface area contributed by atoms with Crippen molar-refractivity contribution in [2.45, 2.75) is 0 Å². The number of carbonyl (C=O) groups excluding carboxylic acids is 1. The number of hydrogen-bond acceptors (Lipinski definition) is 4. The first kappa shape index (κ1) is 17.1. The number of halogens is 1. The molecule has 2 rings (SSSR count). The monoisotopic (exact) mass is 354 g/mol. The lowest BCUT2D eigenvalue weighted by Crippen LogP contribution is -2.13. The Labute approximate surface area is 139 Å². The first-order chi connectivity index (χ1) is 10.8. The van der Waals surface area contributed by atoms with Gasteiger partial charge in [0.2, 0.25) is 10.0 Å². The molecule has 2 aromatic rings. The van der Waals surface area contributed by atoms with E-state index in [2.05, 4.69) is 10.0 Å². The minimum Gasteiger partial charge on any atom is -0.496 e. The van der Waals surface area contributed by atoms with E-state index in [1.807, 2.05) is 0 Å². The molecule has 8 heteroatoms. The minimum atomic E-state index is -3.34. The highest BCUT2D eigenvalue weighted by Crippen LogP contribution is 2.24. The molecule has 0 heterocycles. The highest BCUT2D eigenvalue weighted by molar-refractivity contribution is 7.92. The van der Waals surface area contributed by atoms with Gasteiger partial charge in [-0.3, -0.25) is 9.52 Å². The molecule has 0 aliphatic carbocycles. The van der Waals surface area contributed by atoms with Crippen LogP contribution in [-0.4, -0.2) is 27.7 Å². The van der Waals surface area contributed by atoms with Gasteiger partial charge in [-0.15, -0.1) is 0 Å². The molecule has 122 valence electrons. The van der Waals surface area contributed by atoms with Crippen molar-refractivity contribution >= 4 is 38.9 Å². The van der Waals surface area contributed by atoms with Crippen LogP contribution in [0.4, 0.5) is 11.4 Å². The third-order valence-electron chi connectivity index (χ3n) is 2.85. The highest BCUT2D eigenvalue weighted by atomic mass is 35.5. The number of carbonyl (C=O) groups is 1. The van der Waals surface area contributed by atoms with Crippen molar-refractivity contribution < 1.29 is 17.9 Å². The molecule has 0 fully saturated rings. The smallest absolute Gasteiger partial charge is 0.259 e. The van der Waals surface area contributed by atoms with Crippen LogP contribution < -0.4 is 14.8 Å². The number of rotatable bonds is 5. The third kappa shape index (κ3) is 4.87. The van der Waals surface area contributed by atoms with Gasteiger partial charge in [0.25, 0.3) is 5.91 Å². The summed E-state index contributed by atoms with van der Waals surface area (Å²) in [6.45, 7) is 0. The van der Waals surface area contributed by atoms with Crippen LogP contribution in [-0.2, 0) is 10.0 Å². The Bertz CT molecular complexity index is 820. The third-order valence-corrected chi connectivity index (χ3v) is 3.69. The predicted molar refractivity (Wildman–Crippen MR) is 90.9 cm³/mol. The lowest BCUT2D eigenvalue weighted by Gasteiger charge is -2.10. The van der Waals surface area contributed by atoms with E-state index in [0.29, 0.717) is 27.7 Å². The molecule has 0 spiro atoms. The van der Waals surface area contributed by atoms with Crippen LogP contribution in [0.5, 0.6) is 5.75 Å². The number of benzene rings is 2. The van der Waals surface area contributed by atoms with Gasteiger partial charge in [0.15, 0.2) is 0 Å². The summed E-state index contributed by atoms with van der Waals surface area (Å²) in [6.07, 6.45) is 1.06. The molecule has 0 aromatic heterocycles. The van der Waals surface area contributed by atoms with Gasteiger partial charge in [-0.25, -0.2) is 8.42 Å². The first-order valence-corrected chi connectivity index (χ1v) is 8.78. The molecular weight excluding hydrogens is 340 g/mol. The van der Waals surface area contributed by atoms with Gasteiger partial charge < -0.3 is 10.1 Å². The molecule has 6 nitrogen and oxygen atoms in total. The molecule has 0 saturated carbocycles. The molecule has 0 atom stereocenters. The summed E-state index contributed by atoms with van der Waals surface area (Å²) >= 11 is 5.90. The van der Waals surface area contributed by atoms with Gasteiger partial charge in [-0.05, 0) is 42.5 Å². The standard InChI is InChI=1S/C15H15ClN2O4S/c1-22-14-8-3-10(16)9-13(14)15(19)17-11-4-6-12(7-5-11)18-23(2,20)21/h3-9,18H,1-2H3,(H,17,19). The highest BCUT2D eigenvalue weighted by Gasteiger charge is 2.13. The summed E-state index contributed by atoms with van der Waals surface area (Å²) in [5.74, 6) is 0.0236. The topological polar surface area (TPSA) is 84.5 Å². The van der Waals surface area contributed by atoms with E-state index >= 15 is 0 Å². The largest absolute Gasteiger partial charge is 0.496 e. The van der Waals surface area contributed by atoms with E-state index in [1.165, 1.54) is 13.2 Å². The minimum absolute atomic E-state index is 0.304. The van der Waals surface area contributed by atoms with Crippen molar-refractivity contribution in [3.05, 3.63) is 53.1 Å². The lowest BCUT2D eigenvalue weighted by molar-refractivity contribution is 0.102. The lowest BCUT2D eigenvalue weighted by atomic mass is 10.2. The van der Waals surface area contributed by atoms with E-state index in [4.69, 9.17) is 16.3 Å². The van der Waals surface area contributed by atoms with Gasteiger partial charge in [-0.1, -0.05) is 11.6 Å². The van der Waals surface area contributed by atoms with Crippen LogP contribution in [0, 0.1) is 0 Å². The van der Waals surface area contributed by atoms with Crippen molar-refractivity contribution in [3.8, 4) is 5.75 Å². The van der Waals surface area contributed by atoms with Gasteiger partial charge in [0.05, 0.1) is 18.9 Å². The second-order valence-electron chi connectivity index (χ2n) is 4.75. The number of methoxy groups -OCH3 is 1. The first-order valence-electron chi connectivity index (χ1n) is 6.51. The summed E-state index contributed by atoms with van der Waals surface area (Å²) in [5.41, 5.74) is 1.22. The molecule has 23 heavy (non-hydrogen) atoms. The van der Waals surface area contributed by atoms with Crippen LogP contribution in [0.2, 0.25) is 5.02 Å². The maximum absolute atomic E-state index is 12.3. The zero-order valence-corrected chi connectivity index (χ0v) is 14.0. The maximum atomic E-state index is 12.3. The number of nitrogens with one attached hydrogen (secondary N) is 2. The van der Waals surface area contributed by atoms with Crippen LogP contribution in [0.1, 0.15) is 10.4 Å². The molecule has 0 aliphatic rings. The second-order valence-corrected chi connectivity index (χ2v) is 6.94. The Hall–Kier alpha value is -2.25. The number of hydrogen-bond donors (Lipinski definition) is 2. The molecule has 1 amide bonds. The SMILES string of the molecule is COc1ccc(Cl)cc1C(=O)Nc1ccc(NS(C)(=O)=O)cc1. The predicted octanol–water partition coefficient (Wildman–Crippen LogP) is 2.97. The molecule has 2 aromatic carbocycles. The van der Waals surface area contributed by atoms with E-state index in [0.717, 1.165) is 6.26 Å². The summed E-state index contributed by atoms with van der Waals surface area (Å²) in [4.78, 5) is 12.3. The number of anilines is 2. The number of ether oxygens (including phenoxy) is 1. The van der Waals surface area contributed by atoms with Crippen molar-refractivity contribution in [1.82, 2.24) is 0 Å². The molecular formula is C15H15ClN2O4S. The van der Waals surface area contributed by atoms with E-state index < -0.39 is 10.0 Å². The Morgan fingerprint density at radius 3 is 2.26 bits per heavy atom. The summed E-state index contributed by atoms with van der Waals surface area (Å²) in [6, 6.07) is 11.0. The number of sulfonamides is 1. The van der Waals surface area contributed by atoms with Gasteiger partial charge in [-0.2, -0.15) is 0 Å². The van der Waals surface area contributed by atoms with E-state index in [-0.39, 0.29) is 5.91 Å². The van der Waals surface area contributed by atoms with Gasteiger partial charge in [0.1, 0.15) is 5.75 Å². The zero-order valence-electron chi connectivity index (χ0n) is 12.5. The molecule has 0 radical (unpaired) electrons. The Balaban J connectivity index is 2.16. The molecule has 2 N–H and O–H groups in total. The molecule has 0 bridgehead atoms. The van der Waals surface area contributed by atoms with Crippen molar-refractivity contribution in [1.29, 1.82) is 0 Å². The van der Waals surface area contributed by atoms with Crippen LogP contribution in [0.25, 0.3) is 0 Å². The fourth-order valence-corrected chi connectivity index (χ4v) is 2.63. The molecule has 0 aliphatic heterocycles. The normalized spacial score (nSPS) is 10.9. The quantitative estimate of drug-likeness (QED) is 0.864. The van der Waals surface area contributed by atoms with Crippen molar-refractivity contribution in [2.75, 3.05) is 23.4 Å². The second kappa shape index (κ2) is 6.89. The van der Waals surface area contributed by atoms with Crippen LogP contribution in [0.3, 0.4) is 0 Å². The van der Waals surface area contributed by atoms with E-state index in [1.54, 1.807) is 36.4 Å². The Kier molecular flexibility index (Phi) is 5.12. The fraction of sp³-hybridized carbons (Fsp3) is 0.133. The Morgan fingerprint density at radius 2 is 1.70 bits per heavy atom. The van der Waals surface area contributed by atoms with Crippen molar-refractivity contribution in [2.24, 2.45) is 0 Å². The summed E-state index contributed by atoms with van der Waals surface area (Å²) in [7, 11) is -1.87. The maximum Gasteiger partial charge on any atom is 0.259 e. The average molecular weight is 355 g/mol. The van der Waals surface area contributed by atoms with Gasteiger partial charge >= 0.3 is 0 Å². The average Bonchev–Trinajstić information content (AvgIpc) is 2.47. The fourth-order valence-electron chi connectivity index (χ4n) is 1.89. The molecule has 0 unspecified atom stereocenters. The van der Waals surface area contributed by atoms with Gasteiger partial charge in [0, 0.05) is 16.4 Å². The Morgan fingerprint density at radius 1 is 1.09 bits per heavy atom. The molecule has 0 saturated heterocycles. The van der Waals surface area contributed by atoms with E-state index in [9.17, 15) is 13.2 Å². The zero-order chi connectivity index (χ0) is 17.0. The number of amides is 1. The summed E-state index contributed by atoms with van der Waals surface area (Å²) < 4.78 is 29.8. The van der Waals surface area contributed by atoms with Crippen molar-refractivity contribution in [3.63, 3.8) is 0 Å². The van der Waals surface area contributed by atoms with Crippen LogP contribution >= 0.6 is 11.6 Å². The summed E-state index contributed by atoms with van der Waals surface area (Å²) in [5, 5.41) is 3.12. The van der Waals surface area contributed by atoms with Crippen LogP contribution in [0.15, 0.2) is 42.5 Å².